The molecule has 0 radical (unpaired) electrons. The standard InChI is InChI=1S/C24BF20.C8H4Br2IS2/c26-5-1(6(27)14(35)21(42)13(5)34)25(2-7(28)15(36)22(43)16(37)8(2)29,3-9(30)17(38)23(44)18(39)10(3)31)4-11(32)19(40)24(45)20(41)12(4)33;9-5-1-3-7(12-5)11-8-4-2-6(10)13-8/h;1-4H/q-1;+1. The summed E-state index contributed by atoms with van der Waals surface area (Å²) in [7, 11) is 0. The molecule has 0 bridgehead atoms. The second kappa shape index (κ2) is 16.9. The fourth-order valence-electron chi connectivity index (χ4n) is 5.65. The Balaban J connectivity index is 0.000000414. The Labute approximate surface area is 343 Å². The molecule has 2 heterocycles. The lowest BCUT2D eigenvalue weighted by Gasteiger charge is -2.44. The molecule has 58 heavy (non-hydrogen) atoms. The fraction of sp³-hybridized carbons (Fsp3) is 0. The summed E-state index contributed by atoms with van der Waals surface area (Å²) in [5.41, 5.74) is -14.3. The van der Waals surface area contributed by atoms with Crippen LogP contribution in [0.5, 0.6) is 0 Å². The van der Waals surface area contributed by atoms with Crippen LogP contribution in [0.4, 0.5) is 87.8 Å². The number of benzene rings is 4. The molecule has 0 atom stereocenters. The van der Waals surface area contributed by atoms with Crippen LogP contribution in [0.25, 0.3) is 0 Å². The highest BCUT2D eigenvalue weighted by atomic mass is 127. The molecule has 0 unspecified atom stereocenters. The zero-order valence-corrected chi connectivity index (χ0v) is 33.4. The van der Waals surface area contributed by atoms with Gasteiger partial charge in [-0.05, 0) is 44.0 Å². The highest BCUT2D eigenvalue weighted by molar-refractivity contribution is 9.11. The third-order valence-electron chi connectivity index (χ3n) is 7.97. The molecule has 0 saturated carbocycles. The summed E-state index contributed by atoms with van der Waals surface area (Å²) in [6, 6.07) is 8.69. The minimum Gasteiger partial charge on any atom is -0.207 e. The first-order chi connectivity index (χ1) is 26.9. The number of hydrogen-bond acceptors (Lipinski definition) is 2. The molecule has 0 aliphatic rings. The van der Waals surface area contributed by atoms with Crippen LogP contribution in [0.3, 0.4) is 0 Å². The minimum atomic E-state index is -7.22. The van der Waals surface area contributed by atoms with E-state index in [1.54, 1.807) is 0 Å². The quantitative estimate of drug-likeness (QED) is 0.0541. The maximum Gasteiger partial charge on any atom is 0.381 e. The Hall–Kier alpha value is -3.37. The molecule has 2 aromatic heterocycles. The summed E-state index contributed by atoms with van der Waals surface area (Å²) in [5.74, 6) is -71.4. The van der Waals surface area contributed by atoms with E-state index in [9.17, 15) is 52.7 Å². The van der Waals surface area contributed by atoms with E-state index >= 15 is 35.1 Å². The molecule has 0 N–H and O–H groups in total. The molecule has 6 rings (SSSR count). The largest absolute Gasteiger partial charge is 0.381 e. The molecule has 0 saturated heterocycles. The Kier molecular flexibility index (Phi) is 13.4. The lowest BCUT2D eigenvalue weighted by Crippen LogP contribution is -3.61. The molecular weight excluding hydrogens is 1130 g/mol. The second-order valence-corrected chi connectivity index (χ2v) is 20.2. The van der Waals surface area contributed by atoms with Crippen LogP contribution in [-0.2, 0) is 0 Å². The Morgan fingerprint density at radius 1 is 0.293 bits per heavy atom. The molecule has 0 nitrogen and oxygen atoms in total. The fourth-order valence-corrected chi connectivity index (χ4v) is 14.5. The van der Waals surface area contributed by atoms with E-state index < -0.39 is 144 Å². The predicted octanol–water partition coefficient (Wildman–Crippen LogP) is 7.31. The maximum atomic E-state index is 15.4. The van der Waals surface area contributed by atoms with Crippen molar-refractivity contribution in [2.75, 3.05) is 0 Å². The van der Waals surface area contributed by atoms with Crippen molar-refractivity contribution in [3.63, 3.8) is 0 Å². The van der Waals surface area contributed by atoms with Gasteiger partial charge in [-0.3, -0.25) is 0 Å². The van der Waals surface area contributed by atoms with E-state index in [4.69, 9.17) is 0 Å². The zero-order chi connectivity index (χ0) is 43.6. The van der Waals surface area contributed by atoms with E-state index in [1.165, 1.54) is 13.3 Å². The number of rotatable bonds is 6. The van der Waals surface area contributed by atoms with Crippen LogP contribution in [-0.4, -0.2) is 6.15 Å². The molecule has 0 aliphatic heterocycles. The van der Waals surface area contributed by atoms with Crippen LogP contribution < -0.4 is 43.1 Å². The first kappa shape index (κ1) is 45.7. The van der Waals surface area contributed by atoms with E-state index in [1.807, 2.05) is 22.7 Å². The van der Waals surface area contributed by atoms with Crippen LogP contribution in [0, 0.1) is 122 Å². The van der Waals surface area contributed by atoms with Gasteiger partial charge in [0, 0.05) is 12.1 Å². The molecular formula is C32H4BBr2F20IS2. The van der Waals surface area contributed by atoms with Gasteiger partial charge in [-0.15, -0.1) is 21.9 Å². The number of hydrogen-bond donors (Lipinski definition) is 0. The molecule has 4 aromatic carbocycles. The van der Waals surface area contributed by atoms with Crippen molar-refractivity contribution < 1.29 is 109 Å². The highest BCUT2D eigenvalue weighted by Crippen LogP contribution is 2.31. The monoisotopic (exact) mass is 1130 g/mol. The average molecular weight is 1130 g/mol. The van der Waals surface area contributed by atoms with Gasteiger partial charge < -0.3 is 0 Å². The third kappa shape index (κ3) is 7.30. The number of halogens is 23. The first-order valence-corrected chi connectivity index (χ1v) is 19.7. The topological polar surface area (TPSA) is 0 Å². The van der Waals surface area contributed by atoms with E-state index in [0.29, 0.717) is 0 Å². The van der Waals surface area contributed by atoms with Crippen molar-refractivity contribution in [3.05, 3.63) is 154 Å². The van der Waals surface area contributed by atoms with E-state index in [-0.39, 0.29) is 21.2 Å². The zero-order valence-electron chi connectivity index (χ0n) is 26.4. The van der Waals surface area contributed by atoms with Crippen molar-refractivity contribution in [1.29, 1.82) is 0 Å². The van der Waals surface area contributed by atoms with Crippen molar-refractivity contribution in [2.45, 2.75) is 0 Å². The summed E-state index contributed by atoms with van der Waals surface area (Å²) in [5, 5.41) is 0. The maximum absolute atomic E-state index is 15.4. The average Bonchev–Trinajstić information content (AvgIpc) is 3.80. The Bertz CT molecular complexity index is 2230. The van der Waals surface area contributed by atoms with Crippen molar-refractivity contribution >= 4 is 82.5 Å². The smallest absolute Gasteiger partial charge is 0.207 e. The summed E-state index contributed by atoms with van der Waals surface area (Å²) >= 11 is 10.7. The van der Waals surface area contributed by atoms with Gasteiger partial charge in [0.2, 0.25) is 5.77 Å². The van der Waals surface area contributed by atoms with Gasteiger partial charge in [0.1, 0.15) is 52.7 Å². The predicted molar refractivity (Wildman–Crippen MR) is 171 cm³/mol. The molecule has 308 valence electrons. The van der Waals surface area contributed by atoms with Gasteiger partial charge in [0.15, 0.2) is 69.8 Å². The summed E-state index contributed by atoms with van der Waals surface area (Å²) in [6.45, 7) is 0. The minimum absolute atomic E-state index is 0.0474. The van der Waals surface area contributed by atoms with E-state index in [0.717, 1.165) is 0 Å². The van der Waals surface area contributed by atoms with Gasteiger partial charge in [-0.25, -0.2) is 87.8 Å². The van der Waals surface area contributed by atoms with E-state index in [2.05, 4.69) is 56.1 Å². The molecule has 26 heteroatoms. The SMILES string of the molecule is Brc1ccc([I+]c2ccc(Br)s2)s1.Fc1c(F)c(F)c([B-](c2c(F)c(F)c(F)c(F)c2F)(c2c(F)c(F)c(F)c(F)c2F)c2c(F)c(F)c(F)c(F)c2F)c(F)c1F. The molecule has 6 aromatic rings. The number of thiophene rings is 2. The van der Waals surface area contributed by atoms with Gasteiger partial charge in [0.05, 0.1) is 7.57 Å². The van der Waals surface area contributed by atoms with Crippen molar-refractivity contribution in [2.24, 2.45) is 0 Å². The normalized spacial score (nSPS) is 11.7. The van der Waals surface area contributed by atoms with Gasteiger partial charge in [0.25, 0.3) is 0 Å². The van der Waals surface area contributed by atoms with Crippen LogP contribution >= 0.6 is 54.5 Å². The highest BCUT2D eigenvalue weighted by Gasteiger charge is 2.52. The second-order valence-electron chi connectivity index (χ2n) is 11.0. The molecule has 0 spiro atoms. The van der Waals surface area contributed by atoms with Crippen molar-refractivity contribution in [1.82, 2.24) is 0 Å². The van der Waals surface area contributed by atoms with Crippen LogP contribution in [0.1, 0.15) is 0 Å². The van der Waals surface area contributed by atoms with Gasteiger partial charge in [-0.2, -0.15) is 0 Å². The lowest BCUT2D eigenvalue weighted by molar-refractivity contribution is -0.585. The summed E-state index contributed by atoms with van der Waals surface area (Å²) < 4.78 is 299. The third-order valence-corrected chi connectivity index (χ3v) is 14.9. The summed E-state index contributed by atoms with van der Waals surface area (Å²) in [6.07, 6.45) is -7.22. The Morgan fingerprint density at radius 2 is 0.466 bits per heavy atom. The van der Waals surface area contributed by atoms with Gasteiger partial charge in [-0.1, -0.05) is 22.7 Å². The van der Waals surface area contributed by atoms with Crippen molar-refractivity contribution in [3.8, 4) is 0 Å². The summed E-state index contributed by atoms with van der Waals surface area (Å²) in [4.78, 5) is 0. The van der Waals surface area contributed by atoms with Crippen LogP contribution in [0.2, 0.25) is 0 Å². The molecule has 0 aliphatic carbocycles. The first-order valence-electron chi connectivity index (χ1n) is 14.3. The molecule has 0 fully saturated rings. The molecule has 0 amide bonds. The van der Waals surface area contributed by atoms with Gasteiger partial charge >= 0.3 is 21.2 Å². The lowest BCUT2D eigenvalue weighted by atomic mass is 9.12. The Morgan fingerprint density at radius 3 is 0.621 bits per heavy atom. The van der Waals surface area contributed by atoms with Crippen LogP contribution in [0.15, 0.2) is 31.8 Å².